The third-order valence-corrected chi connectivity index (χ3v) is 2.19. The van der Waals surface area contributed by atoms with E-state index in [0.717, 1.165) is 10.7 Å². The molecule has 0 unspecified atom stereocenters. The average Bonchev–Trinajstić information content (AvgIpc) is 2.68. The van der Waals surface area contributed by atoms with Gasteiger partial charge in [0.15, 0.2) is 0 Å². The van der Waals surface area contributed by atoms with Gasteiger partial charge in [-0.3, -0.25) is 0 Å². The predicted octanol–water partition coefficient (Wildman–Crippen LogP) is 2.59. The molecule has 6 heteroatoms. The van der Waals surface area contributed by atoms with E-state index in [1.807, 2.05) is 0 Å². The van der Waals surface area contributed by atoms with Gasteiger partial charge in [0.05, 0.1) is 11.3 Å². The lowest BCUT2D eigenvalue weighted by Crippen LogP contribution is -2.12. The van der Waals surface area contributed by atoms with Gasteiger partial charge in [-0.2, -0.15) is 18.3 Å². The van der Waals surface area contributed by atoms with Crippen LogP contribution in [0.1, 0.15) is 11.1 Å². The molecule has 0 fully saturated rings. The van der Waals surface area contributed by atoms with Crippen LogP contribution in [0.15, 0.2) is 30.9 Å². The molecule has 0 aliphatic carbocycles. The molecule has 0 atom stereocenters. The lowest BCUT2D eigenvalue weighted by molar-refractivity contribution is -0.137. The number of hydrogen-bond donors (Lipinski definition) is 0. The van der Waals surface area contributed by atoms with Gasteiger partial charge in [0, 0.05) is 0 Å². The van der Waals surface area contributed by atoms with Crippen LogP contribution in [0.2, 0.25) is 0 Å². The van der Waals surface area contributed by atoms with Gasteiger partial charge in [-0.15, -0.1) is 0 Å². The smallest absolute Gasteiger partial charge is 0.223 e. The molecule has 0 aliphatic heterocycles. The van der Waals surface area contributed by atoms with E-state index in [1.165, 1.54) is 18.7 Å². The van der Waals surface area contributed by atoms with E-state index in [-0.39, 0.29) is 5.69 Å². The second-order valence-corrected chi connectivity index (χ2v) is 3.31. The van der Waals surface area contributed by atoms with Crippen LogP contribution in [-0.4, -0.2) is 14.8 Å². The number of aromatic nitrogens is 3. The Hall–Kier alpha value is -1.85. The molecule has 0 amide bonds. The van der Waals surface area contributed by atoms with Gasteiger partial charge in [0.25, 0.3) is 0 Å². The first-order chi connectivity index (χ1) is 7.50. The standard InChI is InChI=1S/C10H8F3N3/c1-7-3-2-4-8(10(11,12)13)9(7)16-6-14-5-15-16/h2-6H,1H3. The summed E-state index contributed by atoms with van der Waals surface area (Å²) in [6.07, 6.45) is -1.95. The van der Waals surface area contributed by atoms with Crippen LogP contribution in [0.4, 0.5) is 13.2 Å². The molecule has 2 rings (SSSR count). The fraction of sp³-hybridized carbons (Fsp3) is 0.200. The number of rotatable bonds is 1. The fourth-order valence-corrected chi connectivity index (χ4v) is 1.52. The number of benzene rings is 1. The highest BCUT2D eigenvalue weighted by Crippen LogP contribution is 2.34. The van der Waals surface area contributed by atoms with Crippen molar-refractivity contribution in [1.82, 2.24) is 14.8 Å². The number of aryl methyl sites for hydroxylation is 1. The zero-order valence-electron chi connectivity index (χ0n) is 8.36. The van der Waals surface area contributed by atoms with E-state index < -0.39 is 11.7 Å². The van der Waals surface area contributed by atoms with Crippen molar-refractivity contribution in [2.75, 3.05) is 0 Å². The normalized spacial score (nSPS) is 11.8. The largest absolute Gasteiger partial charge is 0.418 e. The van der Waals surface area contributed by atoms with Crippen molar-refractivity contribution >= 4 is 0 Å². The van der Waals surface area contributed by atoms with Gasteiger partial charge >= 0.3 is 6.18 Å². The number of alkyl halides is 3. The third kappa shape index (κ3) is 1.78. The number of hydrogen-bond acceptors (Lipinski definition) is 2. The quantitative estimate of drug-likeness (QED) is 0.749. The van der Waals surface area contributed by atoms with Crippen LogP contribution in [0.25, 0.3) is 5.69 Å². The molecule has 1 aromatic carbocycles. The van der Waals surface area contributed by atoms with Crippen LogP contribution in [-0.2, 0) is 6.18 Å². The minimum atomic E-state index is -4.40. The first kappa shape index (κ1) is 10.7. The van der Waals surface area contributed by atoms with Crippen LogP contribution in [0, 0.1) is 6.92 Å². The molecule has 84 valence electrons. The van der Waals surface area contributed by atoms with Gasteiger partial charge < -0.3 is 0 Å². The summed E-state index contributed by atoms with van der Waals surface area (Å²) in [6.45, 7) is 1.60. The highest BCUT2D eigenvalue weighted by Gasteiger charge is 2.34. The molecule has 0 spiro atoms. The van der Waals surface area contributed by atoms with Crippen LogP contribution in [0.3, 0.4) is 0 Å². The first-order valence-corrected chi connectivity index (χ1v) is 4.52. The van der Waals surface area contributed by atoms with E-state index in [1.54, 1.807) is 13.0 Å². The Balaban J connectivity index is 2.68. The SMILES string of the molecule is Cc1cccc(C(F)(F)F)c1-n1cncn1. The highest BCUT2D eigenvalue weighted by atomic mass is 19.4. The maximum atomic E-state index is 12.8. The van der Waals surface area contributed by atoms with Crippen molar-refractivity contribution in [2.24, 2.45) is 0 Å². The summed E-state index contributed by atoms with van der Waals surface area (Å²) in [5, 5.41) is 3.73. The highest BCUT2D eigenvalue weighted by molar-refractivity contribution is 5.48. The van der Waals surface area contributed by atoms with Gasteiger partial charge in [-0.05, 0) is 18.6 Å². The average molecular weight is 227 g/mol. The van der Waals surface area contributed by atoms with Crippen LogP contribution in [0.5, 0.6) is 0 Å². The zero-order valence-corrected chi connectivity index (χ0v) is 8.36. The maximum absolute atomic E-state index is 12.8. The lowest BCUT2D eigenvalue weighted by atomic mass is 10.1. The molecule has 0 radical (unpaired) electrons. The molecule has 0 saturated heterocycles. The molecule has 1 heterocycles. The number of halogens is 3. The Kier molecular flexibility index (Phi) is 2.41. The van der Waals surface area contributed by atoms with Crippen LogP contribution < -0.4 is 0 Å². The zero-order chi connectivity index (χ0) is 11.8. The number of nitrogens with zero attached hydrogens (tertiary/aromatic N) is 3. The summed E-state index contributed by atoms with van der Waals surface area (Å²) in [7, 11) is 0. The molecular weight excluding hydrogens is 219 g/mol. The molecule has 0 bridgehead atoms. The van der Waals surface area contributed by atoms with Crippen molar-refractivity contribution < 1.29 is 13.2 Å². The molecule has 16 heavy (non-hydrogen) atoms. The van der Waals surface area contributed by atoms with Crippen molar-refractivity contribution in [2.45, 2.75) is 13.1 Å². The Bertz CT molecular complexity index is 489. The van der Waals surface area contributed by atoms with Crippen molar-refractivity contribution in [3.8, 4) is 5.69 Å². The second-order valence-electron chi connectivity index (χ2n) is 3.31. The lowest BCUT2D eigenvalue weighted by Gasteiger charge is -2.14. The van der Waals surface area contributed by atoms with E-state index in [9.17, 15) is 13.2 Å². The van der Waals surface area contributed by atoms with Gasteiger partial charge in [0.2, 0.25) is 0 Å². The van der Waals surface area contributed by atoms with Gasteiger partial charge in [-0.25, -0.2) is 9.67 Å². The Morgan fingerprint density at radius 2 is 2.00 bits per heavy atom. The fourth-order valence-electron chi connectivity index (χ4n) is 1.52. The third-order valence-electron chi connectivity index (χ3n) is 2.19. The van der Waals surface area contributed by atoms with E-state index in [4.69, 9.17) is 0 Å². The maximum Gasteiger partial charge on any atom is 0.418 e. The Morgan fingerprint density at radius 3 is 2.56 bits per heavy atom. The summed E-state index contributed by atoms with van der Waals surface area (Å²) >= 11 is 0. The molecule has 0 saturated carbocycles. The minimum absolute atomic E-state index is 0.0208. The van der Waals surface area contributed by atoms with Crippen molar-refractivity contribution in [1.29, 1.82) is 0 Å². The molecule has 0 N–H and O–H groups in total. The summed E-state index contributed by atoms with van der Waals surface area (Å²) in [4.78, 5) is 3.65. The molecule has 0 aliphatic rings. The van der Waals surface area contributed by atoms with Crippen molar-refractivity contribution in [3.05, 3.63) is 42.0 Å². The summed E-state index contributed by atoms with van der Waals surface area (Å²) in [5.74, 6) is 0. The first-order valence-electron chi connectivity index (χ1n) is 4.52. The van der Waals surface area contributed by atoms with E-state index in [2.05, 4.69) is 10.1 Å². The number of para-hydroxylation sites is 1. The van der Waals surface area contributed by atoms with Crippen LogP contribution >= 0.6 is 0 Å². The molecular formula is C10H8F3N3. The summed E-state index contributed by atoms with van der Waals surface area (Å²) < 4.78 is 39.4. The van der Waals surface area contributed by atoms with E-state index >= 15 is 0 Å². The van der Waals surface area contributed by atoms with E-state index in [0.29, 0.717) is 5.56 Å². The van der Waals surface area contributed by atoms with Gasteiger partial charge in [0.1, 0.15) is 12.7 Å². The van der Waals surface area contributed by atoms with Crippen molar-refractivity contribution in [3.63, 3.8) is 0 Å². The van der Waals surface area contributed by atoms with Gasteiger partial charge in [-0.1, -0.05) is 12.1 Å². The Labute approximate surface area is 89.5 Å². The topological polar surface area (TPSA) is 30.7 Å². The monoisotopic (exact) mass is 227 g/mol. The second kappa shape index (κ2) is 3.62. The summed E-state index contributed by atoms with van der Waals surface area (Å²) in [5.41, 5.74) is -0.189. The Morgan fingerprint density at radius 1 is 1.25 bits per heavy atom. The molecule has 1 aromatic heterocycles. The predicted molar refractivity (Wildman–Crippen MR) is 51.1 cm³/mol. The minimum Gasteiger partial charge on any atom is -0.223 e. The molecule has 2 aromatic rings. The summed E-state index contributed by atoms with van der Waals surface area (Å²) in [6, 6.07) is 4.01. The molecule has 3 nitrogen and oxygen atoms in total.